The van der Waals surface area contributed by atoms with Crippen molar-refractivity contribution in [2.75, 3.05) is 52.5 Å². The number of anilines is 1. The van der Waals surface area contributed by atoms with Crippen molar-refractivity contribution in [3.8, 4) is 17.2 Å². The van der Waals surface area contributed by atoms with Crippen LogP contribution in [0.3, 0.4) is 0 Å². The maximum atomic E-state index is 12.3. The Morgan fingerprint density at radius 2 is 1.89 bits per heavy atom. The summed E-state index contributed by atoms with van der Waals surface area (Å²) in [6.45, 7) is 2.88. The van der Waals surface area contributed by atoms with Gasteiger partial charge in [0, 0.05) is 24.0 Å². The summed E-state index contributed by atoms with van der Waals surface area (Å²) in [4.78, 5) is 18.8. The second kappa shape index (κ2) is 9.38. The number of benzene rings is 1. The maximum absolute atomic E-state index is 12.3. The van der Waals surface area contributed by atoms with Crippen LogP contribution in [0.15, 0.2) is 22.6 Å². The van der Waals surface area contributed by atoms with Crippen LogP contribution in [0.5, 0.6) is 17.2 Å². The van der Waals surface area contributed by atoms with Crippen molar-refractivity contribution >= 4 is 28.6 Å². The molecule has 1 N–H and O–H groups in total. The van der Waals surface area contributed by atoms with Gasteiger partial charge in [0.2, 0.25) is 5.75 Å². The lowest BCUT2D eigenvalue weighted by Crippen LogP contribution is -2.36. The lowest BCUT2D eigenvalue weighted by molar-refractivity contribution is 0.0951. The van der Waals surface area contributed by atoms with E-state index in [1.165, 1.54) is 38.9 Å². The van der Waals surface area contributed by atoms with E-state index in [1.54, 1.807) is 17.5 Å². The van der Waals surface area contributed by atoms with E-state index in [9.17, 15) is 4.79 Å². The quantitative estimate of drug-likeness (QED) is 0.553. The molecule has 1 aromatic carbocycles. The zero-order chi connectivity index (χ0) is 19.9. The van der Waals surface area contributed by atoms with E-state index in [2.05, 4.69) is 20.4 Å². The van der Waals surface area contributed by atoms with Crippen molar-refractivity contribution in [3.05, 3.63) is 28.8 Å². The van der Waals surface area contributed by atoms with Crippen LogP contribution < -0.4 is 24.5 Å². The van der Waals surface area contributed by atoms with Gasteiger partial charge in [-0.15, -0.1) is 11.3 Å². The number of nitrogens with one attached hydrogen (secondary N) is 1. The van der Waals surface area contributed by atoms with Gasteiger partial charge >= 0.3 is 0 Å². The van der Waals surface area contributed by atoms with E-state index in [1.807, 2.05) is 0 Å². The molecule has 9 nitrogen and oxygen atoms in total. The topological polar surface area (TPSA) is 94.5 Å². The van der Waals surface area contributed by atoms with Gasteiger partial charge in [-0.2, -0.15) is 5.10 Å². The van der Waals surface area contributed by atoms with Crippen molar-refractivity contribution in [2.24, 2.45) is 5.10 Å². The molecule has 0 spiro atoms. The first-order chi connectivity index (χ1) is 13.7. The third-order valence-corrected chi connectivity index (χ3v) is 4.97. The number of nitrogens with zero attached hydrogens (tertiary/aromatic N) is 3. The molecule has 1 aliphatic heterocycles. The molecule has 0 atom stereocenters. The lowest BCUT2D eigenvalue weighted by atomic mass is 10.2. The molecule has 10 heteroatoms. The normalized spacial score (nSPS) is 14.2. The Morgan fingerprint density at radius 1 is 1.21 bits per heavy atom. The summed E-state index contributed by atoms with van der Waals surface area (Å²) < 4.78 is 21.2. The Kier molecular flexibility index (Phi) is 6.66. The van der Waals surface area contributed by atoms with Gasteiger partial charge in [0.15, 0.2) is 16.6 Å². The summed E-state index contributed by atoms with van der Waals surface area (Å²) in [7, 11) is 4.61. The molecular formula is C18H22N4O5S. The number of carbonyl (C=O) groups excluding carboxylic acids is 1. The number of methoxy groups -OCH3 is 3. The molecule has 1 aliphatic rings. The monoisotopic (exact) mass is 406 g/mol. The fourth-order valence-corrected chi connectivity index (χ4v) is 3.53. The molecule has 0 bridgehead atoms. The van der Waals surface area contributed by atoms with E-state index in [0.717, 1.165) is 18.2 Å². The molecule has 0 saturated carbocycles. The van der Waals surface area contributed by atoms with E-state index in [0.29, 0.717) is 41.7 Å². The molecular weight excluding hydrogens is 384 g/mol. The van der Waals surface area contributed by atoms with Crippen LogP contribution in [-0.4, -0.2) is 64.7 Å². The first kappa shape index (κ1) is 19.9. The highest BCUT2D eigenvalue weighted by atomic mass is 32.1. The number of hydrazone groups is 1. The second-order valence-corrected chi connectivity index (χ2v) is 6.61. The van der Waals surface area contributed by atoms with Crippen molar-refractivity contribution in [3.63, 3.8) is 0 Å². The Labute approximate surface area is 166 Å². The van der Waals surface area contributed by atoms with Gasteiger partial charge in [0.1, 0.15) is 5.69 Å². The average molecular weight is 406 g/mol. The number of ether oxygens (including phenoxy) is 4. The number of aromatic nitrogens is 1. The zero-order valence-electron chi connectivity index (χ0n) is 15.9. The predicted octanol–water partition coefficient (Wildman–Crippen LogP) is 1.77. The van der Waals surface area contributed by atoms with Gasteiger partial charge in [0.25, 0.3) is 5.91 Å². The maximum Gasteiger partial charge on any atom is 0.290 e. The van der Waals surface area contributed by atoms with E-state index in [4.69, 9.17) is 18.9 Å². The highest BCUT2D eigenvalue weighted by Crippen LogP contribution is 2.37. The highest BCUT2D eigenvalue weighted by molar-refractivity contribution is 7.13. The van der Waals surface area contributed by atoms with E-state index >= 15 is 0 Å². The summed E-state index contributed by atoms with van der Waals surface area (Å²) in [5.41, 5.74) is 3.50. The SMILES string of the molecule is COc1cc(/C=N/NC(=O)c2csc(N3CCOCC3)n2)cc(OC)c1OC. The van der Waals surface area contributed by atoms with E-state index in [-0.39, 0.29) is 5.91 Å². The molecule has 2 heterocycles. The number of hydrogen-bond donors (Lipinski definition) is 1. The minimum absolute atomic E-state index is 0.327. The number of carbonyl (C=O) groups is 1. The van der Waals surface area contributed by atoms with Gasteiger partial charge in [0.05, 0.1) is 40.8 Å². The van der Waals surface area contributed by atoms with Crippen molar-refractivity contribution in [1.82, 2.24) is 10.4 Å². The van der Waals surface area contributed by atoms with Crippen LogP contribution in [0.25, 0.3) is 0 Å². The third kappa shape index (κ3) is 4.52. The first-order valence-corrected chi connectivity index (χ1v) is 9.46. The number of thiazole rings is 1. The van der Waals surface area contributed by atoms with Crippen LogP contribution in [0, 0.1) is 0 Å². The Balaban J connectivity index is 1.66. The minimum atomic E-state index is -0.376. The number of amides is 1. The summed E-state index contributed by atoms with van der Waals surface area (Å²) >= 11 is 1.43. The largest absolute Gasteiger partial charge is 0.493 e. The van der Waals surface area contributed by atoms with Crippen molar-refractivity contribution in [1.29, 1.82) is 0 Å². The summed E-state index contributed by atoms with van der Waals surface area (Å²) in [5, 5.41) is 6.53. The highest BCUT2D eigenvalue weighted by Gasteiger charge is 2.17. The summed E-state index contributed by atoms with van der Waals surface area (Å²) in [6, 6.07) is 3.47. The van der Waals surface area contributed by atoms with Crippen LogP contribution >= 0.6 is 11.3 Å². The molecule has 150 valence electrons. The van der Waals surface area contributed by atoms with Gasteiger partial charge in [-0.3, -0.25) is 4.79 Å². The Hall–Kier alpha value is -2.85. The molecule has 0 unspecified atom stereocenters. The lowest BCUT2D eigenvalue weighted by Gasteiger charge is -2.25. The molecule has 2 aromatic rings. The number of hydrogen-bond acceptors (Lipinski definition) is 9. The minimum Gasteiger partial charge on any atom is -0.493 e. The summed E-state index contributed by atoms with van der Waals surface area (Å²) in [6.07, 6.45) is 1.50. The number of rotatable bonds is 7. The molecule has 1 amide bonds. The molecule has 1 fully saturated rings. The predicted molar refractivity (Wildman–Crippen MR) is 106 cm³/mol. The first-order valence-electron chi connectivity index (χ1n) is 8.58. The summed E-state index contributed by atoms with van der Waals surface area (Å²) in [5.74, 6) is 1.12. The molecule has 0 aliphatic carbocycles. The zero-order valence-corrected chi connectivity index (χ0v) is 16.7. The molecule has 1 saturated heterocycles. The molecule has 1 aromatic heterocycles. The average Bonchev–Trinajstić information content (AvgIpc) is 3.24. The van der Waals surface area contributed by atoms with Crippen molar-refractivity contribution in [2.45, 2.75) is 0 Å². The Morgan fingerprint density at radius 3 is 2.50 bits per heavy atom. The van der Waals surface area contributed by atoms with Gasteiger partial charge in [-0.05, 0) is 12.1 Å². The molecule has 0 radical (unpaired) electrons. The number of morpholine rings is 1. The second-order valence-electron chi connectivity index (χ2n) is 5.77. The molecule has 28 heavy (non-hydrogen) atoms. The van der Waals surface area contributed by atoms with Crippen LogP contribution in [0.1, 0.15) is 16.1 Å². The van der Waals surface area contributed by atoms with Crippen LogP contribution in [0.4, 0.5) is 5.13 Å². The standard InChI is InChI=1S/C18H22N4O5S/c1-24-14-8-12(9-15(25-2)16(14)26-3)10-19-21-17(23)13-11-28-18(20-13)22-4-6-27-7-5-22/h8-11H,4-7H2,1-3H3,(H,21,23)/b19-10+. The van der Waals surface area contributed by atoms with Crippen LogP contribution in [0.2, 0.25) is 0 Å². The van der Waals surface area contributed by atoms with Gasteiger partial charge in [-0.25, -0.2) is 10.4 Å². The molecule has 3 rings (SSSR count). The fourth-order valence-electron chi connectivity index (χ4n) is 2.67. The Bertz CT molecular complexity index is 823. The fraction of sp³-hybridized carbons (Fsp3) is 0.389. The van der Waals surface area contributed by atoms with Gasteiger partial charge < -0.3 is 23.8 Å². The third-order valence-electron chi connectivity index (χ3n) is 4.07. The van der Waals surface area contributed by atoms with Crippen molar-refractivity contribution < 1.29 is 23.7 Å². The smallest absolute Gasteiger partial charge is 0.290 e. The van der Waals surface area contributed by atoms with Crippen LogP contribution in [-0.2, 0) is 4.74 Å². The van der Waals surface area contributed by atoms with E-state index < -0.39 is 0 Å². The van der Waals surface area contributed by atoms with Gasteiger partial charge in [-0.1, -0.05) is 0 Å².